The van der Waals surface area contributed by atoms with Gasteiger partial charge in [-0.3, -0.25) is 4.79 Å². The van der Waals surface area contributed by atoms with Gasteiger partial charge in [0, 0.05) is 12.4 Å². The van der Waals surface area contributed by atoms with Gasteiger partial charge in [0.1, 0.15) is 0 Å². The third-order valence-electron chi connectivity index (χ3n) is 4.13. The molecule has 2 rings (SSSR count). The molecule has 2 saturated heterocycles. The van der Waals surface area contributed by atoms with E-state index >= 15 is 0 Å². The molecule has 2 aliphatic heterocycles. The number of aliphatic carboxylic acids is 1. The molecule has 0 aromatic heterocycles. The van der Waals surface area contributed by atoms with E-state index in [0.29, 0.717) is 0 Å². The summed E-state index contributed by atoms with van der Waals surface area (Å²) in [5.74, 6) is 1.76. The maximum absolute atomic E-state index is 11.3. The van der Waals surface area contributed by atoms with Crippen molar-refractivity contribution in [1.29, 1.82) is 0 Å². The van der Waals surface area contributed by atoms with Crippen LogP contribution >= 0.6 is 11.8 Å². The maximum Gasteiger partial charge on any atom is 0.309 e. The minimum Gasteiger partial charge on any atom is -0.481 e. The van der Waals surface area contributed by atoms with Crippen molar-refractivity contribution in [3.05, 3.63) is 0 Å². The fourth-order valence-corrected chi connectivity index (χ4v) is 4.06. The molecule has 1 spiro atoms. The van der Waals surface area contributed by atoms with E-state index in [2.05, 4.69) is 0 Å². The molecule has 2 unspecified atom stereocenters. The first-order valence-corrected chi connectivity index (χ1v) is 7.07. The van der Waals surface area contributed by atoms with Gasteiger partial charge < -0.3 is 9.84 Å². The highest BCUT2D eigenvalue weighted by atomic mass is 32.2. The van der Waals surface area contributed by atoms with Crippen molar-refractivity contribution < 1.29 is 14.6 Å². The lowest BCUT2D eigenvalue weighted by Crippen LogP contribution is -2.46. The molecule has 2 heterocycles. The number of thioether (sulfide) groups is 1. The number of hydrogen-bond donors (Lipinski definition) is 1. The standard InChI is InChI=1S/C12H20O3S/c1-11(2,10(13)14)9-3-5-15-12(7-9)4-6-16-8-12/h9H,3-8H2,1-2H3,(H,13,14). The Balaban J connectivity index is 2.09. The topological polar surface area (TPSA) is 46.5 Å². The summed E-state index contributed by atoms with van der Waals surface area (Å²) in [5, 5.41) is 9.28. The van der Waals surface area contributed by atoms with Crippen LogP contribution in [-0.4, -0.2) is 34.8 Å². The maximum atomic E-state index is 11.3. The summed E-state index contributed by atoms with van der Waals surface area (Å²) < 4.78 is 5.92. The Labute approximate surface area is 101 Å². The van der Waals surface area contributed by atoms with Gasteiger partial charge in [-0.25, -0.2) is 0 Å². The molecule has 4 heteroatoms. The van der Waals surface area contributed by atoms with Crippen LogP contribution in [0.3, 0.4) is 0 Å². The Morgan fingerprint density at radius 3 is 2.88 bits per heavy atom. The molecule has 2 atom stereocenters. The molecule has 16 heavy (non-hydrogen) atoms. The number of hydrogen-bond acceptors (Lipinski definition) is 3. The molecular weight excluding hydrogens is 224 g/mol. The zero-order valence-electron chi connectivity index (χ0n) is 9.99. The summed E-state index contributed by atoms with van der Waals surface area (Å²) in [6.07, 6.45) is 2.88. The zero-order valence-corrected chi connectivity index (χ0v) is 10.8. The Kier molecular flexibility index (Phi) is 3.23. The second-order valence-corrected chi connectivity index (χ2v) is 6.66. The van der Waals surface area contributed by atoms with Crippen LogP contribution in [0.4, 0.5) is 0 Å². The van der Waals surface area contributed by atoms with Gasteiger partial charge in [0.2, 0.25) is 0 Å². The summed E-state index contributed by atoms with van der Waals surface area (Å²) in [5.41, 5.74) is -0.635. The van der Waals surface area contributed by atoms with Gasteiger partial charge in [-0.15, -0.1) is 0 Å². The van der Waals surface area contributed by atoms with Crippen LogP contribution in [0.15, 0.2) is 0 Å². The highest BCUT2D eigenvalue weighted by Crippen LogP contribution is 2.45. The van der Waals surface area contributed by atoms with Crippen molar-refractivity contribution in [3.8, 4) is 0 Å². The van der Waals surface area contributed by atoms with Crippen LogP contribution in [-0.2, 0) is 9.53 Å². The Hall–Kier alpha value is -0.220. The second kappa shape index (κ2) is 4.22. The lowest BCUT2D eigenvalue weighted by atomic mass is 9.70. The average molecular weight is 244 g/mol. The molecule has 0 saturated carbocycles. The van der Waals surface area contributed by atoms with Gasteiger partial charge in [-0.1, -0.05) is 0 Å². The Bertz CT molecular complexity index is 282. The fraction of sp³-hybridized carbons (Fsp3) is 0.917. The molecule has 92 valence electrons. The van der Waals surface area contributed by atoms with E-state index < -0.39 is 11.4 Å². The van der Waals surface area contributed by atoms with Crippen molar-refractivity contribution in [3.63, 3.8) is 0 Å². The quantitative estimate of drug-likeness (QED) is 0.810. The molecule has 0 aromatic carbocycles. The lowest BCUT2D eigenvalue weighted by molar-refractivity contribution is -0.157. The number of carboxylic acids is 1. The predicted octanol–water partition coefficient (Wildman–Crippen LogP) is 2.40. The highest BCUT2D eigenvalue weighted by Gasteiger charge is 2.47. The first kappa shape index (κ1) is 12.2. The normalized spacial score (nSPS) is 35.5. The Morgan fingerprint density at radius 2 is 2.31 bits per heavy atom. The first-order valence-electron chi connectivity index (χ1n) is 5.91. The van der Waals surface area contributed by atoms with Crippen LogP contribution in [0.25, 0.3) is 0 Å². The SMILES string of the molecule is CC(C)(C(=O)O)C1CCOC2(CCSC2)C1. The van der Waals surface area contributed by atoms with Crippen LogP contribution in [0.5, 0.6) is 0 Å². The van der Waals surface area contributed by atoms with Crippen molar-refractivity contribution in [1.82, 2.24) is 0 Å². The molecule has 1 N–H and O–H groups in total. The first-order chi connectivity index (χ1) is 7.46. The van der Waals surface area contributed by atoms with E-state index in [-0.39, 0.29) is 11.5 Å². The van der Waals surface area contributed by atoms with Gasteiger partial charge in [0.05, 0.1) is 11.0 Å². The molecule has 0 bridgehead atoms. The molecule has 2 aliphatic rings. The van der Waals surface area contributed by atoms with E-state index in [1.807, 2.05) is 25.6 Å². The smallest absolute Gasteiger partial charge is 0.309 e. The van der Waals surface area contributed by atoms with E-state index in [4.69, 9.17) is 4.74 Å². The largest absolute Gasteiger partial charge is 0.481 e. The summed E-state index contributed by atoms with van der Waals surface area (Å²) in [6.45, 7) is 4.42. The Morgan fingerprint density at radius 1 is 1.56 bits per heavy atom. The van der Waals surface area contributed by atoms with Crippen LogP contribution in [0.2, 0.25) is 0 Å². The van der Waals surface area contributed by atoms with Gasteiger partial charge >= 0.3 is 5.97 Å². The highest BCUT2D eigenvalue weighted by molar-refractivity contribution is 7.99. The molecular formula is C12H20O3S. The van der Waals surface area contributed by atoms with Gasteiger partial charge in [-0.05, 0) is 44.8 Å². The summed E-state index contributed by atoms with van der Waals surface area (Å²) in [7, 11) is 0. The molecule has 2 fully saturated rings. The minimum absolute atomic E-state index is 0.0136. The fourth-order valence-electron chi connectivity index (χ4n) is 2.68. The van der Waals surface area contributed by atoms with Gasteiger partial charge in [0.25, 0.3) is 0 Å². The van der Waals surface area contributed by atoms with Crippen molar-refractivity contribution in [2.45, 2.75) is 38.7 Å². The van der Waals surface area contributed by atoms with E-state index in [9.17, 15) is 9.90 Å². The molecule has 0 radical (unpaired) electrons. The van der Waals surface area contributed by atoms with E-state index in [1.54, 1.807) is 0 Å². The summed E-state index contributed by atoms with van der Waals surface area (Å²) in [6, 6.07) is 0. The van der Waals surface area contributed by atoms with Crippen molar-refractivity contribution in [2.75, 3.05) is 18.1 Å². The van der Waals surface area contributed by atoms with Crippen molar-refractivity contribution >= 4 is 17.7 Å². The van der Waals surface area contributed by atoms with Crippen LogP contribution in [0, 0.1) is 11.3 Å². The minimum atomic E-state index is -0.680. The van der Waals surface area contributed by atoms with Crippen LogP contribution < -0.4 is 0 Å². The second-order valence-electron chi connectivity index (χ2n) is 5.55. The molecule has 3 nitrogen and oxygen atoms in total. The number of carbonyl (C=O) groups is 1. The number of ether oxygens (including phenoxy) is 1. The van der Waals surface area contributed by atoms with E-state index in [1.165, 1.54) is 0 Å². The zero-order chi connectivity index (χ0) is 11.8. The number of rotatable bonds is 2. The monoisotopic (exact) mass is 244 g/mol. The van der Waals surface area contributed by atoms with Gasteiger partial charge in [0.15, 0.2) is 0 Å². The number of carboxylic acid groups (broad SMARTS) is 1. The lowest BCUT2D eigenvalue weighted by Gasteiger charge is -2.42. The molecule has 0 amide bonds. The third kappa shape index (κ3) is 2.09. The third-order valence-corrected chi connectivity index (χ3v) is 5.35. The summed E-state index contributed by atoms with van der Waals surface area (Å²) >= 11 is 1.93. The van der Waals surface area contributed by atoms with Crippen molar-refractivity contribution in [2.24, 2.45) is 11.3 Å². The average Bonchev–Trinajstić information content (AvgIpc) is 2.66. The molecule has 0 aliphatic carbocycles. The van der Waals surface area contributed by atoms with Crippen LogP contribution in [0.1, 0.15) is 33.1 Å². The molecule has 0 aromatic rings. The van der Waals surface area contributed by atoms with E-state index in [0.717, 1.165) is 37.4 Å². The predicted molar refractivity (Wildman–Crippen MR) is 64.8 cm³/mol. The summed E-state index contributed by atoms with van der Waals surface area (Å²) in [4.78, 5) is 11.3. The van der Waals surface area contributed by atoms with Gasteiger partial charge in [-0.2, -0.15) is 11.8 Å².